The molecule has 40 heavy (non-hydrogen) atoms. The Morgan fingerprint density at radius 2 is 1.70 bits per heavy atom. The Morgan fingerprint density at radius 1 is 1.00 bits per heavy atom. The lowest BCUT2D eigenvalue weighted by Gasteiger charge is -2.23. The van der Waals surface area contributed by atoms with Gasteiger partial charge in [-0.2, -0.15) is 0 Å². The van der Waals surface area contributed by atoms with Crippen LogP contribution in [0.3, 0.4) is 0 Å². The number of hydrogen-bond donors (Lipinski definition) is 1. The van der Waals surface area contributed by atoms with Crippen LogP contribution in [-0.2, 0) is 25.5 Å². The van der Waals surface area contributed by atoms with Gasteiger partial charge in [0.05, 0.1) is 18.5 Å². The smallest absolute Gasteiger partial charge is 0.305 e. The summed E-state index contributed by atoms with van der Waals surface area (Å²) in [6.45, 7) is 2.80. The van der Waals surface area contributed by atoms with Gasteiger partial charge in [0.15, 0.2) is 0 Å². The number of halogens is 1. The Labute approximate surface area is 233 Å². The zero-order chi connectivity index (χ0) is 28.8. The van der Waals surface area contributed by atoms with Crippen molar-refractivity contribution in [1.82, 2.24) is 4.90 Å². The lowest BCUT2D eigenvalue weighted by Crippen LogP contribution is -2.35. The molecule has 1 N–H and O–H groups in total. The maximum atomic E-state index is 13.9. The number of methoxy groups -OCH3 is 1. The van der Waals surface area contributed by atoms with Crippen LogP contribution < -0.4 is 10.2 Å². The molecule has 1 aliphatic rings. The molecular weight excluding hydrogens is 511 g/mol. The molecule has 0 fully saturated rings. The van der Waals surface area contributed by atoms with E-state index in [-0.39, 0.29) is 24.2 Å². The number of carbonyl (C=O) groups is 3. The summed E-state index contributed by atoms with van der Waals surface area (Å²) in [7, 11) is 5.27. The van der Waals surface area contributed by atoms with E-state index in [1.807, 2.05) is 67.5 Å². The van der Waals surface area contributed by atoms with Crippen molar-refractivity contribution >= 4 is 40.6 Å². The summed E-state index contributed by atoms with van der Waals surface area (Å²) in [6, 6.07) is 19.1. The van der Waals surface area contributed by atoms with E-state index in [0.29, 0.717) is 35.6 Å². The molecule has 3 aromatic carbocycles. The maximum Gasteiger partial charge on any atom is 0.305 e. The third-order valence-electron chi connectivity index (χ3n) is 6.78. The summed E-state index contributed by atoms with van der Waals surface area (Å²) in [5, 5.41) is 2.78. The van der Waals surface area contributed by atoms with Crippen LogP contribution in [-0.4, -0.2) is 62.7 Å². The highest BCUT2D eigenvalue weighted by atomic mass is 19.1. The monoisotopic (exact) mass is 544 g/mol. The van der Waals surface area contributed by atoms with Crippen molar-refractivity contribution in [1.29, 1.82) is 0 Å². The van der Waals surface area contributed by atoms with Crippen molar-refractivity contribution < 1.29 is 23.5 Å². The molecule has 0 spiro atoms. The predicted octanol–water partition coefficient (Wildman–Crippen LogP) is 4.70. The second-order valence-electron chi connectivity index (χ2n) is 9.91. The van der Waals surface area contributed by atoms with Gasteiger partial charge in [0.25, 0.3) is 0 Å². The van der Waals surface area contributed by atoms with Crippen LogP contribution in [0.15, 0.2) is 71.7 Å². The van der Waals surface area contributed by atoms with Crippen molar-refractivity contribution in [2.75, 3.05) is 44.5 Å². The number of ether oxygens (including phenoxy) is 1. The predicted molar refractivity (Wildman–Crippen MR) is 154 cm³/mol. The number of likely N-dealkylation sites (N-methyl/N-ethyl adjacent to an activating group) is 1. The number of carbonyl (C=O) groups excluding carboxylic acids is 3. The number of fused-ring (bicyclic) bond motifs is 1. The lowest BCUT2D eigenvalue weighted by molar-refractivity contribution is -0.140. The van der Waals surface area contributed by atoms with Gasteiger partial charge in [0.1, 0.15) is 11.7 Å². The van der Waals surface area contributed by atoms with Crippen molar-refractivity contribution in [3.63, 3.8) is 0 Å². The number of aryl methyl sites for hydroxylation is 1. The third kappa shape index (κ3) is 6.79. The van der Waals surface area contributed by atoms with Crippen LogP contribution in [0.2, 0.25) is 0 Å². The Morgan fingerprint density at radius 3 is 2.33 bits per heavy atom. The topological polar surface area (TPSA) is 91.3 Å². The third-order valence-corrected chi connectivity index (χ3v) is 6.78. The molecule has 1 atom stereocenters. The molecule has 1 heterocycles. The minimum Gasteiger partial charge on any atom is -0.469 e. The van der Waals surface area contributed by atoms with Gasteiger partial charge in [0.2, 0.25) is 11.8 Å². The quantitative estimate of drug-likeness (QED) is 0.295. The summed E-state index contributed by atoms with van der Waals surface area (Å²) in [4.78, 5) is 45.6. The van der Waals surface area contributed by atoms with Gasteiger partial charge in [-0.3, -0.25) is 19.4 Å². The van der Waals surface area contributed by atoms with Gasteiger partial charge in [-0.25, -0.2) is 4.39 Å². The number of nitrogens with zero attached hydrogens (tertiary/aromatic N) is 3. The number of amides is 2. The van der Waals surface area contributed by atoms with Gasteiger partial charge in [0, 0.05) is 37.8 Å². The molecule has 4 rings (SSSR count). The highest BCUT2D eigenvalue weighted by Crippen LogP contribution is 2.37. The molecule has 1 aliphatic heterocycles. The first-order chi connectivity index (χ1) is 19.2. The van der Waals surface area contributed by atoms with E-state index in [1.165, 1.54) is 26.2 Å². The Hall–Kier alpha value is -4.37. The molecule has 0 radical (unpaired) electrons. The second-order valence-corrected chi connectivity index (χ2v) is 9.91. The molecule has 2 amide bonds. The molecule has 0 aromatic heterocycles. The van der Waals surface area contributed by atoms with E-state index in [9.17, 15) is 18.8 Å². The standard InChI is InChI=1S/C31H33FN4O4/c1-20(37)36(18-17-35(2)3)25-13-11-24(12-14-25)33-30(22-8-5-21(6-9-22)7-16-28(38)40-4)29-26-15-10-23(32)19-27(26)34-31(29)39/h5-6,8-15,19,29H,7,16-18H2,1-4H3,(H,34,39). The second kappa shape index (κ2) is 12.7. The number of hydrogen-bond acceptors (Lipinski definition) is 6. The van der Waals surface area contributed by atoms with Gasteiger partial charge in [-0.05, 0) is 73.6 Å². The first-order valence-electron chi connectivity index (χ1n) is 13.0. The SMILES string of the molecule is COC(=O)CCc1ccc(C(=Nc2ccc(N(CCN(C)C)C(C)=O)cc2)C2C(=O)Nc3cc(F)ccc32)cc1. The van der Waals surface area contributed by atoms with Gasteiger partial charge < -0.3 is 19.9 Å². The van der Waals surface area contributed by atoms with Crippen molar-refractivity contribution in [3.8, 4) is 0 Å². The normalized spacial score (nSPS) is 14.6. The van der Waals surface area contributed by atoms with Gasteiger partial charge >= 0.3 is 5.97 Å². The minimum absolute atomic E-state index is 0.0578. The molecular formula is C31H33FN4O4. The van der Waals surface area contributed by atoms with E-state index in [2.05, 4.69) is 5.32 Å². The van der Waals surface area contributed by atoms with E-state index in [0.717, 1.165) is 23.4 Å². The number of benzene rings is 3. The summed E-state index contributed by atoms with van der Waals surface area (Å²) in [6.07, 6.45) is 0.784. The lowest BCUT2D eigenvalue weighted by atomic mass is 9.90. The number of nitrogens with one attached hydrogen (secondary N) is 1. The first kappa shape index (κ1) is 28.6. The average Bonchev–Trinajstić information content (AvgIpc) is 3.25. The van der Waals surface area contributed by atoms with Crippen LogP contribution in [0.1, 0.15) is 36.0 Å². The highest BCUT2D eigenvalue weighted by molar-refractivity contribution is 6.24. The molecule has 0 aliphatic carbocycles. The summed E-state index contributed by atoms with van der Waals surface area (Å²) >= 11 is 0. The van der Waals surface area contributed by atoms with E-state index < -0.39 is 11.7 Å². The Balaban J connectivity index is 1.70. The molecule has 208 valence electrons. The van der Waals surface area contributed by atoms with Gasteiger partial charge in [-0.1, -0.05) is 30.3 Å². The highest BCUT2D eigenvalue weighted by Gasteiger charge is 2.35. The number of esters is 1. The zero-order valence-corrected chi connectivity index (χ0v) is 23.1. The Bertz CT molecular complexity index is 1420. The van der Waals surface area contributed by atoms with Gasteiger partial charge in [-0.15, -0.1) is 0 Å². The molecule has 0 bridgehead atoms. The average molecular weight is 545 g/mol. The van der Waals surface area contributed by atoms with Crippen LogP contribution >= 0.6 is 0 Å². The minimum atomic E-state index is -0.745. The van der Waals surface area contributed by atoms with Crippen molar-refractivity contribution in [2.45, 2.75) is 25.7 Å². The van der Waals surface area contributed by atoms with E-state index in [1.54, 1.807) is 11.0 Å². The molecule has 8 nitrogen and oxygen atoms in total. The number of aliphatic imine (C=N–C) groups is 1. The van der Waals surface area contributed by atoms with Crippen LogP contribution in [0, 0.1) is 5.82 Å². The van der Waals surface area contributed by atoms with Crippen molar-refractivity contribution in [3.05, 3.63) is 89.2 Å². The van der Waals surface area contributed by atoms with E-state index >= 15 is 0 Å². The maximum absolute atomic E-state index is 13.9. The summed E-state index contributed by atoms with van der Waals surface area (Å²) in [5.41, 5.74) is 4.59. The molecule has 1 unspecified atom stereocenters. The summed E-state index contributed by atoms with van der Waals surface area (Å²) in [5.74, 6) is -1.82. The molecule has 3 aromatic rings. The fourth-order valence-electron chi connectivity index (χ4n) is 4.61. The largest absolute Gasteiger partial charge is 0.469 e. The zero-order valence-electron chi connectivity index (χ0n) is 23.1. The van der Waals surface area contributed by atoms with Crippen molar-refractivity contribution in [2.24, 2.45) is 4.99 Å². The van der Waals surface area contributed by atoms with Crippen LogP contribution in [0.5, 0.6) is 0 Å². The van der Waals surface area contributed by atoms with Crippen LogP contribution in [0.4, 0.5) is 21.5 Å². The van der Waals surface area contributed by atoms with E-state index in [4.69, 9.17) is 9.73 Å². The number of anilines is 2. The Kier molecular flexibility index (Phi) is 9.06. The van der Waals surface area contributed by atoms with Crippen LogP contribution in [0.25, 0.3) is 0 Å². The molecule has 0 saturated heterocycles. The molecule has 9 heteroatoms. The first-order valence-corrected chi connectivity index (χ1v) is 13.0. The summed E-state index contributed by atoms with van der Waals surface area (Å²) < 4.78 is 18.6. The molecule has 0 saturated carbocycles. The fraction of sp³-hybridized carbons (Fsp3) is 0.290. The fourth-order valence-corrected chi connectivity index (χ4v) is 4.61. The number of rotatable bonds is 10.